The van der Waals surface area contributed by atoms with Crippen LogP contribution in [0.1, 0.15) is 6.92 Å². The summed E-state index contributed by atoms with van der Waals surface area (Å²) >= 11 is 0. The van der Waals surface area contributed by atoms with Gasteiger partial charge in [0.05, 0.1) is 19.4 Å². The standard InChI is InChI=1S/C14H16N2O2/c1-14(8-17-9-14)7-16-12-4-2-3-11(5-12)13-6-15-10-18-13/h2-6,10,16H,7-9H2,1H3. The van der Waals surface area contributed by atoms with Crippen LogP contribution in [0, 0.1) is 5.41 Å². The highest BCUT2D eigenvalue weighted by atomic mass is 16.5. The van der Waals surface area contributed by atoms with Crippen LogP contribution in [0.5, 0.6) is 0 Å². The van der Waals surface area contributed by atoms with Crippen molar-refractivity contribution in [2.75, 3.05) is 25.1 Å². The number of hydrogen-bond acceptors (Lipinski definition) is 4. The summed E-state index contributed by atoms with van der Waals surface area (Å²) in [6.07, 6.45) is 3.17. The second kappa shape index (κ2) is 4.46. The third-order valence-electron chi connectivity index (χ3n) is 3.20. The molecule has 0 radical (unpaired) electrons. The van der Waals surface area contributed by atoms with Crippen LogP contribution >= 0.6 is 0 Å². The van der Waals surface area contributed by atoms with Gasteiger partial charge in [0.1, 0.15) is 0 Å². The number of nitrogens with zero attached hydrogens (tertiary/aromatic N) is 1. The van der Waals surface area contributed by atoms with Gasteiger partial charge in [0.2, 0.25) is 0 Å². The molecular weight excluding hydrogens is 228 g/mol. The van der Waals surface area contributed by atoms with Gasteiger partial charge in [-0.2, -0.15) is 0 Å². The van der Waals surface area contributed by atoms with Crippen molar-refractivity contribution in [2.24, 2.45) is 5.41 Å². The smallest absolute Gasteiger partial charge is 0.181 e. The van der Waals surface area contributed by atoms with E-state index in [1.54, 1.807) is 6.20 Å². The van der Waals surface area contributed by atoms with Crippen LogP contribution in [-0.4, -0.2) is 24.7 Å². The fourth-order valence-corrected chi connectivity index (χ4v) is 2.01. The predicted molar refractivity (Wildman–Crippen MR) is 69.4 cm³/mol. The van der Waals surface area contributed by atoms with Crippen molar-refractivity contribution in [3.63, 3.8) is 0 Å². The van der Waals surface area contributed by atoms with E-state index in [-0.39, 0.29) is 5.41 Å². The van der Waals surface area contributed by atoms with Gasteiger partial charge >= 0.3 is 0 Å². The van der Waals surface area contributed by atoms with E-state index < -0.39 is 0 Å². The van der Waals surface area contributed by atoms with Crippen molar-refractivity contribution in [1.29, 1.82) is 0 Å². The number of ether oxygens (including phenoxy) is 1. The zero-order valence-electron chi connectivity index (χ0n) is 10.3. The molecule has 1 aliphatic rings. The Bertz CT molecular complexity index is 518. The van der Waals surface area contributed by atoms with Gasteiger partial charge in [-0.1, -0.05) is 19.1 Å². The van der Waals surface area contributed by atoms with Gasteiger partial charge in [0.25, 0.3) is 0 Å². The molecule has 1 aromatic carbocycles. The van der Waals surface area contributed by atoms with Gasteiger partial charge in [-0.3, -0.25) is 0 Å². The van der Waals surface area contributed by atoms with E-state index in [2.05, 4.69) is 29.4 Å². The number of benzene rings is 1. The molecular formula is C14H16N2O2. The van der Waals surface area contributed by atoms with Crippen LogP contribution in [0.4, 0.5) is 5.69 Å². The Morgan fingerprint density at radius 3 is 2.94 bits per heavy atom. The Kier molecular flexibility index (Phi) is 2.80. The third kappa shape index (κ3) is 2.24. The molecule has 0 amide bonds. The lowest BCUT2D eigenvalue weighted by Crippen LogP contribution is -2.45. The molecule has 0 spiro atoms. The summed E-state index contributed by atoms with van der Waals surface area (Å²) in [5, 5.41) is 3.45. The number of aromatic nitrogens is 1. The minimum atomic E-state index is 0.266. The molecule has 0 unspecified atom stereocenters. The van der Waals surface area contributed by atoms with E-state index in [9.17, 15) is 0 Å². The highest BCUT2D eigenvalue weighted by Gasteiger charge is 2.32. The zero-order valence-corrected chi connectivity index (χ0v) is 10.3. The number of oxazole rings is 1. The summed E-state index contributed by atoms with van der Waals surface area (Å²) in [5.41, 5.74) is 2.40. The fourth-order valence-electron chi connectivity index (χ4n) is 2.01. The van der Waals surface area contributed by atoms with Crippen molar-refractivity contribution in [3.05, 3.63) is 36.9 Å². The second-order valence-corrected chi connectivity index (χ2v) is 5.10. The molecule has 1 N–H and O–H groups in total. The summed E-state index contributed by atoms with van der Waals surface area (Å²) in [4.78, 5) is 3.93. The van der Waals surface area contributed by atoms with E-state index in [0.717, 1.165) is 36.8 Å². The summed E-state index contributed by atoms with van der Waals surface area (Å²) < 4.78 is 10.5. The minimum absolute atomic E-state index is 0.266. The molecule has 2 heterocycles. The highest BCUT2D eigenvalue weighted by Crippen LogP contribution is 2.28. The molecule has 1 aromatic heterocycles. The first kappa shape index (κ1) is 11.3. The van der Waals surface area contributed by atoms with Gasteiger partial charge in [-0.25, -0.2) is 4.98 Å². The predicted octanol–water partition coefficient (Wildman–Crippen LogP) is 2.79. The van der Waals surface area contributed by atoms with Gasteiger partial charge in [-0.15, -0.1) is 0 Å². The van der Waals surface area contributed by atoms with Crippen molar-refractivity contribution >= 4 is 5.69 Å². The largest absolute Gasteiger partial charge is 0.444 e. The average molecular weight is 244 g/mol. The van der Waals surface area contributed by atoms with Gasteiger partial charge in [0.15, 0.2) is 12.2 Å². The molecule has 2 aromatic rings. The molecule has 4 nitrogen and oxygen atoms in total. The first-order chi connectivity index (χ1) is 8.75. The first-order valence-electron chi connectivity index (χ1n) is 6.06. The molecule has 1 fully saturated rings. The Balaban J connectivity index is 1.71. The highest BCUT2D eigenvalue weighted by molar-refractivity contribution is 5.63. The van der Waals surface area contributed by atoms with Crippen molar-refractivity contribution in [1.82, 2.24) is 4.98 Å². The van der Waals surface area contributed by atoms with Crippen LogP contribution < -0.4 is 5.32 Å². The van der Waals surface area contributed by atoms with Gasteiger partial charge in [0, 0.05) is 23.2 Å². The quantitative estimate of drug-likeness (QED) is 0.898. The molecule has 0 atom stereocenters. The van der Waals surface area contributed by atoms with Gasteiger partial charge in [-0.05, 0) is 12.1 Å². The topological polar surface area (TPSA) is 47.3 Å². The van der Waals surface area contributed by atoms with Crippen LogP contribution in [0.25, 0.3) is 11.3 Å². The molecule has 0 aliphatic carbocycles. The second-order valence-electron chi connectivity index (χ2n) is 5.10. The van der Waals surface area contributed by atoms with Crippen molar-refractivity contribution in [2.45, 2.75) is 6.92 Å². The summed E-state index contributed by atoms with van der Waals surface area (Å²) in [6, 6.07) is 8.16. The summed E-state index contributed by atoms with van der Waals surface area (Å²) in [7, 11) is 0. The van der Waals surface area contributed by atoms with E-state index in [1.807, 2.05) is 12.1 Å². The lowest BCUT2D eigenvalue weighted by molar-refractivity contribution is -0.0924. The van der Waals surface area contributed by atoms with Crippen LogP contribution in [0.15, 0.2) is 41.3 Å². The molecule has 0 bridgehead atoms. The summed E-state index contributed by atoms with van der Waals surface area (Å²) in [6.45, 7) is 4.82. The first-order valence-corrected chi connectivity index (χ1v) is 6.06. The van der Waals surface area contributed by atoms with Crippen LogP contribution in [-0.2, 0) is 4.74 Å². The average Bonchev–Trinajstić information content (AvgIpc) is 2.88. The minimum Gasteiger partial charge on any atom is -0.444 e. The van der Waals surface area contributed by atoms with Crippen molar-refractivity contribution < 1.29 is 9.15 Å². The van der Waals surface area contributed by atoms with E-state index in [0.29, 0.717) is 0 Å². The molecule has 18 heavy (non-hydrogen) atoms. The number of nitrogens with one attached hydrogen (secondary N) is 1. The van der Waals surface area contributed by atoms with Crippen molar-refractivity contribution in [3.8, 4) is 11.3 Å². The molecule has 1 saturated heterocycles. The maximum absolute atomic E-state index is 5.29. The van der Waals surface area contributed by atoms with E-state index >= 15 is 0 Å². The molecule has 1 aliphatic heterocycles. The van der Waals surface area contributed by atoms with Crippen LogP contribution in [0.3, 0.4) is 0 Å². The lowest BCUT2D eigenvalue weighted by atomic mass is 9.88. The maximum Gasteiger partial charge on any atom is 0.181 e. The van der Waals surface area contributed by atoms with Crippen LogP contribution in [0.2, 0.25) is 0 Å². The Hall–Kier alpha value is -1.81. The number of anilines is 1. The molecule has 0 saturated carbocycles. The van der Waals surface area contributed by atoms with Gasteiger partial charge < -0.3 is 14.5 Å². The SMILES string of the molecule is CC1(CNc2cccc(-c3cnco3)c2)COC1. The number of hydrogen-bond donors (Lipinski definition) is 1. The van der Waals surface area contributed by atoms with E-state index in [4.69, 9.17) is 9.15 Å². The zero-order chi connectivity index (χ0) is 12.4. The molecule has 4 heteroatoms. The number of rotatable bonds is 4. The third-order valence-corrected chi connectivity index (χ3v) is 3.20. The normalized spacial score (nSPS) is 17.2. The monoisotopic (exact) mass is 244 g/mol. The Morgan fingerprint density at radius 1 is 1.39 bits per heavy atom. The fraction of sp³-hybridized carbons (Fsp3) is 0.357. The summed E-state index contributed by atoms with van der Waals surface area (Å²) in [5.74, 6) is 0.789. The Morgan fingerprint density at radius 2 is 2.28 bits per heavy atom. The molecule has 94 valence electrons. The lowest BCUT2D eigenvalue weighted by Gasteiger charge is -2.38. The van der Waals surface area contributed by atoms with E-state index in [1.165, 1.54) is 6.39 Å². The Labute approximate surface area is 106 Å². The maximum atomic E-state index is 5.29. The molecule has 3 rings (SSSR count).